The monoisotopic (exact) mass is 360 g/mol. The van der Waals surface area contributed by atoms with Crippen LogP contribution < -0.4 is 10.2 Å². The maximum atomic E-state index is 11.6. The molecule has 0 aliphatic rings. The van der Waals surface area contributed by atoms with Crippen LogP contribution in [0.2, 0.25) is 0 Å². The summed E-state index contributed by atoms with van der Waals surface area (Å²) in [4.78, 5) is 31.6. The number of hydrogen-bond acceptors (Lipinski definition) is 8. The van der Waals surface area contributed by atoms with Gasteiger partial charge in [0, 0.05) is 17.7 Å². The van der Waals surface area contributed by atoms with E-state index in [2.05, 4.69) is 10.5 Å². The number of nitro groups is 2. The molecular formula is C15H12N4O7. The number of benzene rings is 2. The van der Waals surface area contributed by atoms with Crippen LogP contribution in [-0.2, 0) is 4.79 Å². The number of hydrazone groups is 1. The molecular weight excluding hydrogens is 348 g/mol. The zero-order valence-electron chi connectivity index (χ0n) is 13.1. The van der Waals surface area contributed by atoms with Gasteiger partial charge in [-0.1, -0.05) is 12.1 Å². The fourth-order valence-corrected chi connectivity index (χ4v) is 1.84. The summed E-state index contributed by atoms with van der Waals surface area (Å²) in [5, 5.41) is 34.7. The van der Waals surface area contributed by atoms with Gasteiger partial charge in [0.25, 0.3) is 11.6 Å². The molecule has 11 nitrogen and oxygen atoms in total. The van der Waals surface area contributed by atoms with Crippen LogP contribution in [0.3, 0.4) is 0 Å². The largest absolute Gasteiger partial charge is 0.502 e. The van der Waals surface area contributed by atoms with Gasteiger partial charge in [-0.05, 0) is 12.1 Å². The van der Waals surface area contributed by atoms with Crippen LogP contribution in [0.4, 0.5) is 11.4 Å². The number of aromatic hydroxyl groups is 1. The lowest BCUT2D eigenvalue weighted by Gasteiger charge is -2.04. The van der Waals surface area contributed by atoms with Crippen LogP contribution in [-0.4, -0.2) is 33.7 Å². The second kappa shape index (κ2) is 8.19. The minimum Gasteiger partial charge on any atom is -0.502 e. The van der Waals surface area contributed by atoms with Gasteiger partial charge in [0.05, 0.1) is 22.1 Å². The first-order valence-electron chi connectivity index (χ1n) is 7.04. The predicted molar refractivity (Wildman–Crippen MR) is 89.1 cm³/mol. The number of non-ortho nitro benzene ring substituents is 1. The molecule has 2 rings (SSSR count). The van der Waals surface area contributed by atoms with Gasteiger partial charge in [0.1, 0.15) is 5.75 Å². The number of ether oxygens (including phenoxy) is 1. The number of nitrogens with one attached hydrogen (secondary N) is 1. The summed E-state index contributed by atoms with van der Waals surface area (Å²) in [7, 11) is 0. The van der Waals surface area contributed by atoms with Gasteiger partial charge in [-0.15, -0.1) is 0 Å². The van der Waals surface area contributed by atoms with Crippen LogP contribution in [0.1, 0.15) is 5.56 Å². The zero-order chi connectivity index (χ0) is 19.1. The molecule has 0 saturated heterocycles. The molecule has 0 aliphatic heterocycles. The number of hydrogen-bond donors (Lipinski definition) is 2. The van der Waals surface area contributed by atoms with Gasteiger partial charge in [-0.3, -0.25) is 25.0 Å². The van der Waals surface area contributed by atoms with Crippen LogP contribution in [0, 0.1) is 20.2 Å². The summed E-state index contributed by atoms with van der Waals surface area (Å²) in [6.45, 7) is -0.459. The Kier molecular flexibility index (Phi) is 5.77. The molecule has 0 aromatic heterocycles. The normalized spacial score (nSPS) is 10.5. The van der Waals surface area contributed by atoms with E-state index < -0.39 is 33.8 Å². The fraction of sp³-hybridized carbons (Fsp3) is 0.0667. The first-order valence-corrected chi connectivity index (χ1v) is 7.04. The van der Waals surface area contributed by atoms with Crippen molar-refractivity contribution in [2.24, 2.45) is 5.10 Å². The predicted octanol–water partition coefficient (Wildman–Crippen LogP) is 1.74. The number of nitrogens with zero attached hydrogens (tertiary/aromatic N) is 3. The van der Waals surface area contributed by atoms with Gasteiger partial charge in [-0.2, -0.15) is 5.10 Å². The SMILES string of the molecule is O=C(COc1cccc([N+](=O)[O-])c1)N/N=C\c1cccc([N+](=O)[O-])c1O. The van der Waals surface area contributed by atoms with Crippen molar-refractivity contribution in [3.05, 3.63) is 68.3 Å². The molecule has 0 fully saturated rings. The minimum atomic E-state index is -0.752. The molecule has 26 heavy (non-hydrogen) atoms. The van der Waals surface area contributed by atoms with Crippen LogP contribution in [0.25, 0.3) is 0 Å². The van der Waals surface area contributed by atoms with E-state index in [4.69, 9.17) is 4.74 Å². The van der Waals surface area contributed by atoms with Crippen molar-refractivity contribution >= 4 is 23.5 Å². The third-order valence-corrected chi connectivity index (χ3v) is 3.03. The molecule has 0 spiro atoms. The Hall–Kier alpha value is -4.02. The van der Waals surface area contributed by atoms with E-state index in [1.54, 1.807) is 0 Å². The van der Waals surface area contributed by atoms with Gasteiger partial charge >= 0.3 is 5.69 Å². The molecule has 1 amide bonds. The van der Waals surface area contributed by atoms with Gasteiger partial charge < -0.3 is 9.84 Å². The lowest BCUT2D eigenvalue weighted by atomic mass is 10.2. The van der Waals surface area contributed by atoms with Crippen LogP contribution in [0.15, 0.2) is 47.6 Å². The van der Waals surface area contributed by atoms with Gasteiger partial charge in [0.15, 0.2) is 6.61 Å². The molecule has 2 aromatic rings. The van der Waals surface area contributed by atoms with Crippen molar-refractivity contribution in [1.29, 1.82) is 0 Å². The molecule has 0 unspecified atom stereocenters. The molecule has 0 radical (unpaired) electrons. The maximum Gasteiger partial charge on any atom is 0.311 e. The number of amides is 1. The summed E-state index contributed by atoms with van der Waals surface area (Å²) >= 11 is 0. The Balaban J connectivity index is 1.92. The number of carbonyl (C=O) groups is 1. The summed E-state index contributed by atoms with van der Waals surface area (Å²) in [5.74, 6) is -1.12. The molecule has 0 atom stereocenters. The molecule has 0 aliphatic carbocycles. The topological polar surface area (TPSA) is 157 Å². The Labute approximate surface area is 145 Å². The zero-order valence-corrected chi connectivity index (χ0v) is 13.1. The van der Waals surface area contributed by atoms with Crippen molar-refractivity contribution < 1.29 is 24.5 Å². The third-order valence-electron chi connectivity index (χ3n) is 3.03. The smallest absolute Gasteiger partial charge is 0.311 e. The Bertz CT molecular complexity index is 882. The average Bonchev–Trinajstić information content (AvgIpc) is 2.61. The lowest BCUT2D eigenvalue weighted by molar-refractivity contribution is -0.385. The maximum absolute atomic E-state index is 11.6. The molecule has 134 valence electrons. The number of carbonyl (C=O) groups excluding carboxylic acids is 1. The number of para-hydroxylation sites is 1. The van der Waals surface area contributed by atoms with Crippen LogP contribution >= 0.6 is 0 Å². The van der Waals surface area contributed by atoms with Crippen molar-refractivity contribution in [1.82, 2.24) is 5.43 Å². The van der Waals surface area contributed by atoms with E-state index in [0.29, 0.717) is 0 Å². The second-order valence-electron chi connectivity index (χ2n) is 4.81. The van der Waals surface area contributed by atoms with E-state index in [0.717, 1.165) is 18.3 Å². The molecule has 11 heteroatoms. The summed E-state index contributed by atoms with van der Waals surface area (Å²) in [6, 6.07) is 9.15. The van der Waals surface area contributed by atoms with E-state index in [1.165, 1.54) is 30.3 Å². The van der Waals surface area contributed by atoms with E-state index in [1.807, 2.05) is 0 Å². The first-order chi connectivity index (χ1) is 12.4. The fourth-order valence-electron chi connectivity index (χ4n) is 1.84. The van der Waals surface area contributed by atoms with E-state index >= 15 is 0 Å². The average molecular weight is 360 g/mol. The molecule has 0 heterocycles. The summed E-state index contributed by atoms with van der Waals surface area (Å²) < 4.78 is 5.11. The number of rotatable bonds is 7. The Morgan fingerprint density at radius 2 is 1.92 bits per heavy atom. The second-order valence-corrected chi connectivity index (χ2v) is 4.81. The van der Waals surface area contributed by atoms with Gasteiger partial charge in [-0.25, -0.2) is 5.43 Å². The number of phenols is 1. The summed E-state index contributed by atoms with van der Waals surface area (Å²) in [6.07, 6.45) is 1.04. The quantitative estimate of drug-likeness (QED) is 0.432. The molecule has 0 bridgehead atoms. The molecule has 2 aromatic carbocycles. The van der Waals surface area contributed by atoms with E-state index in [9.17, 15) is 30.1 Å². The van der Waals surface area contributed by atoms with Crippen molar-refractivity contribution in [2.75, 3.05) is 6.61 Å². The molecule has 2 N–H and O–H groups in total. The standard InChI is InChI=1S/C15H12N4O7/c20-14(9-26-12-5-2-4-11(7-12)18(22)23)17-16-8-10-3-1-6-13(15(10)21)19(24)25/h1-8,21H,9H2,(H,17,20)/b16-8-. The Morgan fingerprint density at radius 3 is 2.62 bits per heavy atom. The highest BCUT2D eigenvalue weighted by molar-refractivity contribution is 5.87. The minimum absolute atomic E-state index is 0.0408. The number of nitro benzene ring substituents is 2. The van der Waals surface area contributed by atoms with Crippen molar-refractivity contribution in [2.45, 2.75) is 0 Å². The lowest BCUT2D eigenvalue weighted by Crippen LogP contribution is -2.24. The molecule has 0 saturated carbocycles. The summed E-state index contributed by atoms with van der Waals surface area (Å²) in [5.41, 5.74) is 1.48. The first kappa shape index (κ1) is 18.3. The highest BCUT2D eigenvalue weighted by Crippen LogP contribution is 2.27. The third kappa shape index (κ3) is 4.74. The van der Waals surface area contributed by atoms with Crippen LogP contribution in [0.5, 0.6) is 11.5 Å². The highest BCUT2D eigenvalue weighted by Gasteiger charge is 2.15. The van der Waals surface area contributed by atoms with E-state index in [-0.39, 0.29) is 17.0 Å². The number of phenolic OH excluding ortho intramolecular Hbond substituents is 1. The van der Waals surface area contributed by atoms with Crippen molar-refractivity contribution in [3.63, 3.8) is 0 Å². The Morgan fingerprint density at radius 1 is 1.19 bits per heavy atom. The van der Waals surface area contributed by atoms with Gasteiger partial charge in [0.2, 0.25) is 5.75 Å². The highest BCUT2D eigenvalue weighted by atomic mass is 16.6. The van der Waals surface area contributed by atoms with Crippen molar-refractivity contribution in [3.8, 4) is 11.5 Å².